The first kappa shape index (κ1) is 24.4. The number of halogens is 1. The Labute approximate surface area is 205 Å². The highest BCUT2D eigenvalue weighted by molar-refractivity contribution is 7.07. The fourth-order valence-corrected chi connectivity index (χ4v) is 5.05. The summed E-state index contributed by atoms with van der Waals surface area (Å²) < 4.78 is 32.0. The number of carbonyl (C=O) groups is 1. The molecule has 0 radical (unpaired) electrons. The van der Waals surface area contributed by atoms with Crippen molar-refractivity contribution in [1.29, 1.82) is 0 Å². The van der Waals surface area contributed by atoms with E-state index in [1.54, 1.807) is 50.3 Å². The molecule has 4 rings (SSSR count). The van der Waals surface area contributed by atoms with Crippen LogP contribution < -0.4 is 24.4 Å². The predicted molar refractivity (Wildman–Crippen MR) is 131 cm³/mol. The molecule has 182 valence electrons. The normalized spacial score (nSPS) is 15.5. The molecular formula is C26H25FN2O5S. The third kappa shape index (κ3) is 4.64. The number of hydrogen-bond acceptors (Lipinski definition) is 7. The summed E-state index contributed by atoms with van der Waals surface area (Å²) >= 11 is 1.20. The highest BCUT2D eigenvalue weighted by Gasteiger charge is 2.35. The lowest BCUT2D eigenvalue weighted by Crippen LogP contribution is -2.40. The Bertz CT molecular complexity index is 1470. The summed E-state index contributed by atoms with van der Waals surface area (Å²) in [6.45, 7) is 5.82. The average Bonchev–Trinajstić information content (AvgIpc) is 3.14. The molecule has 0 saturated heterocycles. The third-order valence-electron chi connectivity index (χ3n) is 5.50. The first-order valence-corrected chi connectivity index (χ1v) is 12.0. The van der Waals surface area contributed by atoms with Crippen LogP contribution in [0.25, 0.3) is 6.08 Å². The Hall–Kier alpha value is -3.72. The van der Waals surface area contributed by atoms with Crippen LogP contribution >= 0.6 is 11.3 Å². The van der Waals surface area contributed by atoms with Crippen LogP contribution in [0.2, 0.25) is 0 Å². The summed E-state index contributed by atoms with van der Waals surface area (Å²) in [7, 11) is 1.53. The van der Waals surface area contributed by atoms with Gasteiger partial charge in [0.25, 0.3) is 5.56 Å². The van der Waals surface area contributed by atoms with Crippen molar-refractivity contribution in [2.24, 2.45) is 4.99 Å². The fourth-order valence-electron chi connectivity index (χ4n) is 4.00. The number of aromatic nitrogens is 1. The average molecular weight is 497 g/mol. The number of thiazole rings is 1. The van der Waals surface area contributed by atoms with E-state index >= 15 is 0 Å². The highest BCUT2D eigenvalue weighted by atomic mass is 32.1. The minimum Gasteiger partial charge on any atom is -0.493 e. The number of carbonyl (C=O) groups excluding carboxylic acids is 1. The number of benzene rings is 2. The van der Waals surface area contributed by atoms with E-state index in [9.17, 15) is 14.0 Å². The SMILES string of the molecule is CCOC(=O)C1=C(C)N=c2s/c(=C/c3ccc(F)cc3)c(=O)n2[C@@H]1c1cccc(OC)c1OCC. The zero-order chi connectivity index (χ0) is 25.1. The summed E-state index contributed by atoms with van der Waals surface area (Å²) in [6.07, 6.45) is 1.68. The van der Waals surface area contributed by atoms with Gasteiger partial charge < -0.3 is 14.2 Å². The van der Waals surface area contributed by atoms with Gasteiger partial charge in [0, 0.05) is 5.56 Å². The van der Waals surface area contributed by atoms with Crippen LogP contribution in [-0.4, -0.2) is 30.9 Å². The second-order valence-electron chi connectivity index (χ2n) is 7.67. The molecule has 2 heterocycles. The topological polar surface area (TPSA) is 79.1 Å². The molecule has 7 nitrogen and oxygen atoms in total. The number of methoxy groups -OCH3 is 1. The van der Waals surface area contributed by atoms with Crippen molar-refractivity contribution < 1.29 is 23.4 Å². The van der Waals surface area contributed by atoms with Crippen LogP contribution in [0, 0.1) is 5.82 Å². The Morgan fingerprint density at radius 1 is 1.17 bits per heavy atom. The van der Waals surface area contributed by atoms with Gasteiger partial charge in [0.05, 0.1) is 36.1 Å². The molecule has 0 amide bonds. The molecule has 0 aliphatic carbocycles. The quantitative estimate of drug-likeness (QED) is 0.469. The van der Waals surface area contributed by atoms with E-state index in [-0.39, 0.29) is 23.6 Å². The number of ether oxygens (including phenoxy) is 3. The Kier molecular flexibility index (Phi) is 7.16. The van der Waals surface area contributed by atoms with Gasteiger partial charge >= 0.3 is 5.97 Å². The van der Waals surface area contributed by atoms with Crippen LogP contribution in [0.3, 0.4) is 0 Å². The van der Waals surface area contributed by atoms with Gasteiger partial charge in [-0.05, 0) is 50.6 Å². The number of nitrogens with zero attached hydrogens (tertiary/aromatic N) is 2. The van der Waals surface area contributed by atoms with Crippen LogP contribution in [0.5, 0.6) is 11.5 Å². The summed E-state index contributed by atoms with van der Waals surface area (Å²) in [5.74, 6) is -0.000567. The second-order valence-corrected chi connectivity index (χ2v) is 8.67. The lowest BCUT2D eigenvalue weighted by atomic mass is 9.94. The van der Waals surface area contributed by atoms with Crippen LogP contribution in [0.1, 0.15) is 37.9 Å². The number of esters is 1. The van der Waals surface area contributed by atoms with E-state index in [1.165, 1.54) is 35.1 Å². The van der Waals surface area contributed by atoms with Crippen molar-refractivity contribution in [1.82, 2.24) is 4.57 Å². The van der Waals surface area contributed by atoms with E-state index in [0.29, 0.717) is 44.3 Å². The lowest BCUT2D eigenvalue weighted by molar-refractivity contribution is -0.139. The van der Waals surface area contributed by atoms with E-state index in [1.807, 2.05) is 6.92 Å². The van der Waals surface area contributed by atoms with Crippen LogP contribution in [0.15, 0.2) is 63.5 Å². The van der Waals surface area contributed by atoms with Crippen molar-refractivity contribution in [3.8, 4) is 11.5 Å². The molecule has 1 aliphatic rings. The maximum absolute atomic E-state index is 13.7. The summed E-state index contributed by atoms with van der Waals surface area (Å²) in [6, 6.07) is 10.4. The summed E-state index contributed by atoms with van der Waals surface area (Å²) in [5.41, 5.74) is 1.63. The zero-order valence-electron chi connectivity index (χ0n) is 19.8. The van der Waals surface area contributed by atoms with E-state index in [2.05, 4.69) is 4.99 Å². The molecule has 0 N–H and O–H groups in total. The van der Waals surface area contributed by atoms with Crippen molar-refractivity contribution in [3.63, 3.8) is 0 Å². The van der Waals surface area contributed by atoms with Crippen molar-refractivity contribution in [2.45, 2.75) is 26.8 Å². The van der Waals surface area contributed by atoms with Gasteiger partial charge in [-0.1, -0.05) is 35.6 Å². The van der Waals surface area contributed by atoms with Gasteiger partial charge in [0.2, 0.25) is 0 Å². The molecule has 1 atom stereocenters. The fraction of sp³-hybridized carbons (Fsp3) is 0.269. The number of hydrogen-bond donors (Lipinski definition) is 0. The molecule has 0 saturated carbocycles. The molecule has 1 aromatic heterocycles. The Morgan fingerprint density at radius 3 is 2.57 bits per heavy atom. The third-order valence-corrected chi connectivity index (χ3v) is 6.48. The van der Waals surface area contributed by atoms with Crippen molar-refractivity contribution >= 4 is 23.4 Å². The lowest BCUT2D eigenvalue weighted by Gasteiger charge is -2.26. The van der Waals surface area contributed by atoms with E-state index < -0.39 is 12.0 Å². The van der Waals surface area contributed by atoms with Gasteiger partial charge in [-0.3, -0.25) is 9.36 Å². The van der Waals surface area contributed by atoms with Gasteiger partial charge in [0.15, 0.2) is 16.3 Å². The largest absolute Gasteiger partial charge is 0.493 e. The number of para-hydroxylation sites is 1. The molecule has 0 spiro atoms. The maximum atomic E-state index is 13.7. The molecule has 35 heavy (non-hydrogen) atoms. The molecule has 3 aromatic rings. The zero-order valence-corrected chi connectivity index (χ0v) is 20.6. The maximum Gasteiger partial charge on any atom is 0.338 e. The molecule has 0 fully saturated rings. The molecule has 2 aromatic carbocycles. The first-order chi connectivity index (χ1) is 16.9. The van der Waals surface area contributed by atoms with Crippen LogP contribution in [0.4, 0.5) is 4.39 Å². The van der Waals surface area contributed by atoms with Crippen molar-refractivity contribution in [3.05, 3.63) is 90.4 Å². The van der Waals surface area contributed by atoms with Gasteiger partial charge in [0.1, 0.15) is 11.9 Å². The minimum absolute atomic E-state index is 0.174. The summed E-state index contributed by atoms with van der Waals surface area (Å²) in [5, 5.41) is 0. The number of fused-ring (bicyclic) bond motifs is 1. The van der Waals surface area contributed by atoms with Gasteiger partial charge in [-0.15, -0.1) is 0 Å². The standard InChI is InChI=1S/C26H25FN2O5S/c1-5-33-23-18(8-7-9-19(23)32-4)22-21(25(31)34-6-2)15(3)28-26-29(22)24(30)20(35-26)14-16-10-12-17(27)13-11-16/h7-14,22H,5-6H2,1-4H3/b20-14+/t22-/m1/s1. The highest BCUT2D eigenvalue weighted by Crippen LogP contribution is 2.40. The monoisotopic (exact) mass is 496 g/mol. The van der Waals surface area contributed by atoms with E-state index in [4.69, 9.17) is 14.2 Å². The number of rotatable bonds is 7. The molecular weight excluding hydrogens is 471 g/mol. The van der Waals surface area contributed by atoms with Crippen LogP contribution in [-0.2, 0) is 9.53 Å². The van der Waals surface area contributed by atoms with Crippen molar-refractivity contribution in [2.75, 3.05) is 20.3 Å². The molecule has 9 heteroatoms. The Balaban J connectivity index is 2.01. The summed E-state index contributed by atoms with van der Waals surface area (Å²) in [4.78, 5) is 31.8. The first-order valence-electron chi connectivity index (χ1n) is 11.1. The van der Waals surface area contributed by atoms with Gasteiger partial charge in [-0.25, -0.2) is 14.2 Å². The Morgan fingerprint density at radius 2 is 1.91 bits per heavy atom. The minimum atomic E-state index is -0.836. The molecule has 0 bridgehead atoms. The van der Waals surface area contributed by atoms with E-state index in [0.717, 1.165) is 0 Å². The predicted octanol–water partition coefficient (Wildman–Crippen LogP) is 3.34. The number of allylic oxidation sites excluding steroid dienone is 1. The second kappa shape index (κ2) is 10.3. The smallest absolute Gasteiger partial charge is 0.338 e. The molecule has 0 unspecified atom stereocenters. The molecule has 1 aliphatic heterocycles. The van der Waals surface area contributed by atoms with Gasteiger partial charge in [-0.2, -0.15) is 0 Å².